The fourth-order valence-electron chi connectivity index (χ4n) is 15.5. The fourth-order valence-corrected chi connectivity index (χ4v) is 15.5. The van der Waals surface area contributed by atoms with Gasteiger partial charge in [0.2, 0.25) is 23.7 Å². The molecule has 2 aromatic carbocycles. The number of anilines is 8. The molecule has 0 bridgehead atoms. The van der Waals surface area contributed by atoms with E-state index in [1.54, 1.807) is 41.4 Å². The van der Waals surface area contributed by atoms with Crippen molar-refractivity contribution in [2.24, 2.45) is 16.6 Å². The van der Waals surface area contributed by atoms with Crippen molar-refractivity contribution in [3.8, 4) is 11.5 Å². The summed E-state index contributed by atoms with van der Waals surface area (Å²) in [5, 5.41) is 19.0. The molecule has 94 heavy (non-hydrogen) atoms. The lowest BCUT2D eigenvalue weighted by Crippen LogP contribution is -2.51. The summed E-state index contributed by atoms with van der Waals surface area (Å²) in [6.45, 7) is 11.0. The Kier molecular flexibility index (Phi) is 24.7. The maximum absolute atomic E-state index is 13.4. The van der Waals surface area contributed by atoms with Gasteiger partial charge in [-0.15, -0.1) is 24.0 Å². The lowest BCUT2D eigenvalue weighted by Gasteiger charge is -2.41. The number of carbonyl (C=O) groups is 4. The molecule has 8 fully saturated rings. The number of aromatic carboxylic acids is 1. The molecule has 14 rings (SSSR count). The topological polar surface area (TPSA) is 247 Å². The number of nitrogens with zero attached hydrogens (tertiary/aromatic N) is 12. The van der Waals surface area contributed by atoms with Gasteiger partial charge in [-0.3, -0.25) is 24.2 Å². The largest absolute Gasteiger partial charge is 0.495 e. The number of rotatable bonds is 13. The molecular weight excluding hydrogens is 1530 g/mol. The van der Waals surface area contributed by atoms with Gasteiger partial charge in [-0.25, -0.2) is 14.8 Å². The summed E-state index contributed by atoms with van der Waals surface area (Å²) in [6.07, 6.45) is 25.8. The first-order valence-electron chi connectivity index (χ1n) is 34.0. The number of hydrogen-bond acceptors (Lipinski definition) is 19. The van der Waals surface area contributed by atoms with Crippen LogP contribution >= 0.6 is 61.2 Å². The first-order valence-corrected chi connectivity index (χ1v) is 40.3. The number of ether oxygens (including phenoxy) is 2. The zero-order valence-corrected chi connectivity index (χ0v) is 62.4. The molecule has 0 atom stereocenters. The van der Waals surface area contributed by atoms with Crippen LogP contribution in [0.2, 0.25) is 0 Å². The Morgan fingerprint density at radius 3 is 1.35 bits per heavy atom. The van der Waals surface area contributed by atoms with E-state index < -0.39 is 5.97 Å². The van der Waals surface area contributed by atoms with Gasteiger partial charge in [0.1, 0.15) is 22.9 Å². The van der Waals surface area contributed by atoms with Crippen LogP contribution in [0, 0.1) is 10.8 Å². The quantitative estimate of drug-likeness (QED) is 0.0781. The fraction of sp³-hybridized carbons (Fsp3) is 0.647. The van der Waals surface area contributed by atoms with E-state index >= 15 is 0 Å². The Bertz CT molecular complexity index is 3230. The normalized spacial score (nSPS) is 24.6. The lowest BCUT2D eigenvalue weighted by atomic mass is 9.89. The van der Waals surface area contributed by atoms with Crippen LogP contribution in [-0.4, -0.2) is 212 Å². The summed E-state index contributed by atoms with van der Waals surface area (Å²) in [5.74, 6) is 2.58. The molecule has 0 radical (unpaired) electrons. The monoisotopic (exact) mass is 1630 g/mol. The molecule has 6 N–H and O–H groups in total. The molecule has 3 amide bonds. The van der Waals surface area contributed by atoms with Crippen molar-refractivity contribution in [3.05, 3.63) is 59.9 Å². The van der Waals surface area contributed by atoms with Crippen molar-refractivity contribution in [1.29, 1.82) is 0 Å². The Morgan fingerprint density at radius 2 is 0.957 bits per heavy atom. The lowest BCUT2D eigenvalue weighted by molar-refractivity contribution is -0.123. The minimum absolute atomic E-state index is 0. The number of likely N-dealkylation sites (N-methyl/N-ethyl adjacent to an activating group) is 2. The smallest absolute Gasteiger partial charge is 0.335 e. The standard InChI is InChI=1S/C34H48N8O3.C23H27N5O4.C11H23N3.I2.HI/c1-39-16-18-41(19-17-39)25-11-9-24(10-12-25)36-31(43)23-8-13-27(29(20-23)45-3)37-33-35-21-28-30(38-33)42(26-6-4-5-7-26)22-34(14-15-34)32(44)40(28)2;1-27-17-12-24-22(25-16-8-7-14(20(29)30)11-18(16)32-2)26-19(17)28(15-5-3-4-6-15)13-23(9-10-23)21(27)31;1-13-6-8-14(9-7-13)11-4-2-10(12)3-5-11;1-2;/h8,13,20-21,24-26H,4-7,9-12,14-19,22H2,1-3H3,(H,36,43)(H,35,37,38);7-8,11-12,15H,3-6,9-10,13H2,1-2H3,(H,29,30)(H,24,25,26);10-11H,2-9,12H2,1H3;;1H. The zero-order valence-electron chi connectivity index (χ0n) is 55.8. The number of fused-ring (bicyclic) bond motifs is 2. The number of piperazine rings is 2. The number of carbonyl (C=O) groups excluding carboxylic acids is 3. The molecule has 6 aliphatic carbocycles. The van der Waals surface area contributed by atoms with E-state index in [0.717, 1.165) is 139 Å². The number of hydrogen-bond donors (Lipinski definition) is 5. The van der Waals surface area contributed by atoms with Gasteiger partial charge in [0.25, 0.3) is 5.91 Å². The van der Waals surface area contributed by atoms with Crippen LogP contribution < -0.4 is 50.8 Å². The van der Waals surface area contributed by atoms with Crippen LogP contribution in [0.25, 0.3) is 0 Å². The van der Waals surface area contributed by atoms with Gasteiger partial charge >= 0.3 is 5.97 Å². The maximum atomic E-state index is 13.4. The van der Waals surface area contributed by atoms with Crippen molar-refractivity contribution in [2.75, 3.05) is 138 Å². The number of nitrogens with one attached hydrogen (secondary N) is 3. The Balaban J connectivity index is 0.000000170. The van der Waals surface area contributed by atoms with E-state index in [1.807, 2.05) is 26.2 Å². The molecule has 23 nitrogen and oxygen atoms in total. The molecule has 4 aliphatic heterocycles. The minimum atomic E-state index is -1.02. The second-order valence-corrected chi connectivity index (χ2v) is 27.8. The van der Waals surface area contributed by atoms with Crippen LogP contribution in [0.1, 0.15) is 149 Å². The summed E-state index contributed by atoms with van der Waals surface area (Å²) in [6, 6.07) is 13.0. The van der Waals surface area contributed by atoms with Crippen LogP contribution in [0.15, 0.2) is 48.8 Å². The van der Waals surface area contributed by atoms with Crippen LogP contribution in [0.5, 0.6) is 11.5 Å². The number of halogens is 3. The summed E-state index contributed by atoms with van der Waals surface area (Å²) in [5.41, 5.74) is 8.78. The highest BCUT2D eigenvalue weighted by Crippen LogP contribution is 2.54. The first-order chi connectivity index (χ1) is 45.0. The average Bonchev–Trinajstić information content (AvgIpc) is 1.59. The molecular formula is C68H99I3N16O7. The van der Waals surface area contributed by atoms with E-state index in [2.05, 4.69) is 107 Å². The van der Waals surface area contributed by atoms with Gasteiger partial charge in [-0.2, -0.15) is 9.97 Å². The van der Waals surface area contributed by atoms with E-state index in [1.165, 1.54) is 96.8 Å². The molecule has 0 unspecified atom stereocenters. The Hall–Kier alpha value is -4.73. The predicted octanol–water partition coefficient (Wildman–Crippen LogP) is 10.3. The second kappa shape index (κ2) is 32.3. The van der Waals surface area contributed by atoms with Crippen molar-refractivity contribution in [2.45, 2.75) is 165 Å². The molecule has 10 aliphatic rings. The predicted molar refractivity (Wildman–Crippen MR) is 398 cm³/mol. The number of amides is 3. The van der Waals surface area contributed by atoms with Gasteiger partial charge in [-0.05, 0) is 153 Å². The minimum Gasteiger partial charge on any atom is -0.495 e. The number of methoxy groups -OCH3 is 2. The van der Waals surface area contributed by atoms with Crippen molar-refractivity contribution in [3.63, 3.8) is 0 Å². The molecule has 26 heteroatoms. The summed E-state index contributed by atoms with van der Waals surface area (Å²) in [4.78, 5) is 88.3. The van der Waals surface area contributed by atoms with E-state index in [4.69, 9.17) is 25.2 Å². The zero-order chi connectivity index (χ0) is 65.6. The molecule has 514 valence electrons. The third kappa shape index (κ3) is 16.7. The molecule has 4 aromatic rings. The van der Waals surface area contributed by atoms with Crippen molar-refractivity contribution >= 4 is 131 Å². The maximum Gasteiger partial charge on any atom is 0.335 e. The Morgan fingerprint density at radius 1 is 0.564 bits per heavy atom. The van der Waals surface area contributed by atoms with Crippen molar-refractivity contribution < 1.29 is 33.8 Å². The molecule has 2 aromatic heterocycles. The number of carboxylic acid groups (broad SMARTS) is 1. The summed E-state index contributed by atoms with van der Waals surface area (Å²) >= 11 is 4.24. The van der Waals surface area contributed by atoms with Gasteiger partial charge < -0.3 is 65.7 Å². The van der Waals surface area contributed by atoms with E-state index in [9.17, 15) is 24.3 Å². The van der Waals surface area contributed by atoms with E-state index in [0.29, 0.717) is 71.0 Å². The molecule has 6 saturated carbocycles. The highest BCUT2D eigenvalue weighted by atomic mass is 128. The third-order valence-corrected chi connectivity index (χ3v) is 21.8. The number of carboxylic acids is 1. The van der Waals surface area contributed by atoms with Gasteiger partial charge in [0.05, 0.1) is 54.4 Å². The number of nitrogens with two attached hydrogens (primary N) is 1. The molecule has 2 saturated heterocycles. The van der Waals surface area contributed by atoms with Crippen LogP contribution in [0.4, 0.5) is 46.3 Å². The molecule has 6 heterocycles. The third-order valence-electron chi connectivity index (χ3n) is 21.8. The molecule has 2 spiro atoms. The highest BCUT2D eigenvalue weighted by molar-refractivity contribution is 15.0. The highest BCUT2D eigenvalue weighted by Gasteiger charge is 2.57. The average molecular weight is 1630 g/mol. The Labute approximate surface area is 595 Å². The summed E-state index contributed by atoms with van der Waals surface area (Å²) < 4.78 is 11.1. The van der Waals surface area contributed by atoms with Crippen LogP contribution in [0.3, 0.4) is 0 Å². The number of aromatic nitrogens is 4. The first kappa shape index (κ1) is 72.0. The number of benzene rings is 2. The van der Waals surface area contributed by atoms with Gasteiger partial charge in [-0.1, -0.05) is 25.7 Å². The van der Waals surface area contributed by atoms with E-state index in [-0.39, 0.29) is 64.1 Å². The SMILES string of the molecule is CN1CCN(C2CCC(N)CC2)CC1.COc1cc(C(=O)NC2CCC(N3CCN(C)CC3)CC2)ccc1Nc1ncc2c(n1)N(C1CCCC1)CC1(CC1)C(=O)N2C.COc1cc(C(=O)O)ccc1Nc1ncc2c(n1)N(C1CCCC1)CC1(CC1)C(=O)N2C.I.II. The summed E-state index contributed by atoms with van der Waals surface area (Å²) in [7, 11) is 11.2. The second-order valence-electron chi connectivity index (χ2n) is 27.8. The van der Waals surface area contributed by atoms with Gasteiger partial charge in [0, 0.05) is 159 Å². The van der Waals surface area contributed by atoms with Gasteiger partial charge in [0.15, 0.2) is 11.6 Å². The van der Waals surface area contributed by atoms with Crippen LogP contribution in [-0.2, 0) is 9.59 Å². The van der Waals surface area contributed by atoms with Crippen molar-refractivity contribution in [1.82, 2.24) is 44.9 Å².